The number of hydrogen-bond donors (Lipinski definition) is 2. The molecule has 3 heteroatoms. The van der Waals surface area contributed by atoms with Crippen molar-refractivity contribution in [2.75, 3.05) is 11.1 Å². The molecule has 17 heavy (non-hydrogen) atoms. The van der Waals surface area contributed by atoms with Gasteiger partial charge in [0.1, 0.15) is 5.82 Å². The number of anilines is 2. The Labute approximate surface area is 102 Å². The summed E-state index contributed by atoms with van der Waals surface area (Å²) in [6.07, 6.45) is 6.52. The third-order valence-electron chi connectivity index (χ3n) is 3.76. The predicted octanol–water partition coefficient (Wildman–Crippen LogP) is 3.79. The lowest BCUT2D eigenvalue weighted by atomic mass is 9.84. The Morgan fingerprint density at radius 2 is 2.00 bits per heavy atom. The lowest BCUT2D eigenvalue weighted by Gasteiger charge is -2.29. The van der Waals surface area contributed by atoms with E-state index in [1.807, 2.05) is 0 Å². The molecule has 0 spiro atoms. The van der Waals surface area contributed by atoms with Gasteiger partial charge in [0.05, 0.1) is 11.4 Å². The van der Waals surface area contributed by atoms with E-state index in [-0.39, 0.29) is 5.82 Å². The molecule has 3 N–H and O–H groups in total. The fourth-order valence-corrected chi connectivity index (χ4v) is 2.65. The largest absolute Gasteiger partial charge is 0.397 e. The van der Waals surface area contributed by atoms with Crippen molar-refractivity contribution in [1.29, 1.82) is 0 Å². The van der Waals surface area contributed by atoms with Crippen molar-refractivity contribution in [1.82, 2.24) is 0 Å². The summed E-state index contributed by atoms with van der Waals surface area (Å²) in [5, 5.41) is 3.36. The zero-order chi connectivity index (χ0) is 12.3. The minimum atomic E-state index is -0.238. The summed E-state index contributed by atoms with van der Waals surface area (Å²) in [5.74, 6) is 0.448. The van der Waals surface area contributed by atoms with Crippen molar-refractivity contribution >= 4 is 11.4 Å². The minimum absolute atomic E-state index is 0.238. The summed E-state index contributed by atoms with van der Waals surface area (Å²) in [5.41, 5.74) is 7.18. The maximum absolute atomic E-state index is 13.1. The van der Waals surface area contributed by atoms with Crippen LogP contribution < -0.4 is 11.1 Å². The molecule has 1 aliphatic carbocycles. The van der Waals surface area contributed by atoms with Crippen LogP contribution in [-0.2, 0) is 0 Å². The second-order valence-electron chi connectivity index (χ2n) is 5.06. The SMILES string of the molecule is CC(Nc1cc(F)ccc1N)C1CCCCC1. The van der Waals surface area contributed by atoms with E-state index >= 15 is 0 Å². The van der Waals surface area contributed by atoms with Crippen LogP contribution in [0.25, 0.3) is 0 Å². The van der Waals surface area contributed by atoms with Gasteiger partial charge in [-0.1, -0.05) is 19.3 Å². The molecule has 1 aromatic rings. The second kappa shape index (κ2) is 5.39. The monoisotopic (exact) mass is 236 g/mol. The normalized spacial score (nSPS) is 18.9. The van der Waals surface area contributed by atoms with Gasteiger partial charge in [-0.05, 0) is 43.9 Å². The first-order valence-corrected chi connectivity index (χ1v) is 6.48. The highest BCUT2D eigenvalue weighted by atomic mass is 19.1. The molecule has 0 aromatic heterocycles. The topological polar surface area (TPSA) is 38.0 Å². The lowest BCUT2D eigenvalue weighted by Crippen LogP contribution is -2.28. The summed E-state index contributed by atoms with van der Waals surface area (Å²) >= 11 is 0. The van der Waals surface area contributed by atoms with Crippen LogP contribution in [-0.4, -0.2) is 6.04 Å². The lowest BCUT2D eigenvalue weighted by molar-refractivity contribution is 0.328. The smallest absolute Gasteiger partial charge is 0.125 e. The Morgan fingerprint density at radius 1 is 1.29 bits per heavy atom. The number of halogens is 1. The van der Waals surface area contributed by atoms with Crippen LogP contribution in [0.15, 0.2) is 18.2 Å². The Hall–Kier alpha value is -1.25. The van der Waals surface area contributed by atoms with E-state index in [1.165, 1.54) is 44.2 Å². The van der Waals surface area contributed by atoms with Crippen LogP contribution in [0.2, 0.25) is 0 Å². The van der Waals surface area contributed by atoms with Gasteiger partial charge in [-0.3, -0.25) is 0 Å². The maximum Gasteiger partial charge on any atom is 0.125 e. The van der Waals surface area contributed by atoms with Crippen molar-refractivity contribution in [3.63, 3.8) is 0 Å². The molecule has 94 valence electrons. The van der Waals surface area contributed by atoms with Gasteiger partial charge in [0.2, 0.25) is 0 Å². The van der Waals surface area contributed by atoms with E-state index < -0.39 is 0 Å². The molecule has 1 aromatic carbocycles. The molecule has 0 bridgehead atoms. The van der Waals surface area contributed by atoms with Gasteiger partial charge < -0.3 is 11.1 Å². The van der Waals surface area contributed by atoms with E-state index in [0.29, 0.717) is 17.6 Å². The fourth-order valence-electron chi connectivity index (χ4n) is 2.65. The van der Waals surface area contributed by atoms with Gasteiger partial charge in [-0.15, -0.1) is 0 Å². The zero-order valence-corrected chi connectivity index (χ0v) is 10.4. The number of nitrogen functional groups attached to an aromatic ring is 1. The summed E-state index contributed by atoms with van der Waals surface area (Å²) in [7, 11) is 0. The Bertz CT molecular complexity index is 372. The molecule has 1 fully saturated rings. The fraction of sp³-hybridized carbons (Fsp3) is 0.571. The molecular formula is C14H21FN2. The zero-order valence-electron chi connectivity index (χ0n) is 10.4. The molecule has 0 radical (unpaired) electrons. The van der Waals surface area contributed by atoms with Gasteiger partial charge in [0.25, 0.3) is 0 Å². The first-order valence-electron chi connectivity index (χ1n) is 6.48. The number of hydrogen-bond acceptors (Lipinski definition) is 2. The number of rotatable bonds is 3. The molecule has 1 saturated carbocycles. The summed E-state index contributed by atoms with van der Waals surface area (Å²) < 4.78 is 13.1. The number of nitrogens with two attached hydrogens (primary N) is 1. The average Bonchev–Trinajstić information content (AvgIpc) is 2.35. The van der Waals surface area contributed by atoms with Crippen LogP contribution in [0.4, 0.5) is 15.8 Å². The van der Waals surface area contributed by atoms with E-state index in [9.17, 15) is 4.39 Å². The highest BCUT2D eigenvalue weighted by Gasteiger charge is 2.20. The van der Waals surface area contributed by atoms with Crippen LogP contribution in [0.1, 0.15) is 39.0 Å². The highest BCUT2D eigenvalue weighted by molar-refractivity contribution is 5.66. The molecule has 0 saturated heterocycles. The third kappa shape index (κ3) is 3.11. The van der Waals surface area contributed by atoms with Crippen LogP contribution in [0, 0.1) is 11.7 Å². The van der Waals surface area contributed by atoms with Crippen LogP contribution in [0.3, 0.4) is 0 Å². The van der Waals surface area contributed by atoms with Crippen LogP contribution >= 0.6 is 0 Å². The first kappa shape index (κ1) is 12.2. The van der Waals surface area contributed by atoms with Gasteiger partial charge in [-0.2, -0.15) is 0 Å². The summed E-state index contributed by atoms with van der Waals surface area (Å²) in [6, 6.07) is 4.85. The van der Waals surface area contributed by atoms with Gasteiger partial charge in [0, 0.05) is 6.04 Å². The second-order valence-corrected chi connectivity index (χ2v) is 5.06. The molecule has 0 aliphatic heterocycles. The summed E-state index contributed by atoms with van der Waals surface area (Å²) in [4.78, 5) is 0. The van der Waals surface area contributed by atoms with Crippen molar-refractivity contribution < 1.29 is 4.39 Å². The predicted molar refractivity (Wildman–Crippen MR) is 70.5 cm³/mol. The Balaban J connectivity index is 2.01. The number of benzene rings is 1. The molecule has 1 atom stereocenters. The molecular weight excluding hydrogens is 215 g/mol. The molecule has 1 unspecified atom stereocenters. The molecule has 2 rings (SSSR count). The van der Waals surface area contributed by atoms with E-state index in [2.05, 4.69) is 12.2 Å². The molecule has 2 nitrogen and oxygen atoms in total. The summed E-state index contributed by atoms with van der Waals surface area (Å²) in [6.45, 7) is 2.17. The van der Waals surface area contributed by atoms with Gasteiger partial charge in [-0.25, -0.2) is 4.39 Å². The molecule has 1 aliphatic rings. The highest BCUT2D eigenvalue weighted by Crippen LogP contribution is 2.29. The maximum atomic E-state index is 13.1. The van der Waals surface area contributed by atoms with Crippen molar-refractivity contribution in [3.05, 3.63) is 24.0 Å². The van der Waals surface area contributed by atoms with E-state index in [0.717, 1.165) is 5.69 Å². The number of nitrogens with one attached hydrogen (secondary N) is 1. The molecule has 0 heterocycles. The van der Waals surface area contributed by atoms with Crippen LogP contribution in [0.5, 0.6) is 0 Å². The van der Waals surface area contributed by atoms with Crippen molar-refractivity contribution in [2.45, 2.75) is 45.1 Å². The Morgan fingerprint density at radius 3 is 2.71 bits per heavy atom. The quantitative estimate of drug-likeness (QED) is 0.784. The van der Waals surface area contributed by atoms with Crippen molar-refractivity contribution in [3.8, 4) is 0 Å². The average molecular weight is 236 g/mol. The Kier molecular flexibility index (Phi) is 3.87. The third-order valence-corrected chi connectivity index (χ3v) is 3.76. The molecule has 0 amide bonds. The van der Waals surface area contributed by atoms with Crippen molar-refractivity contribution in [2.24, 2.45) is 5.92 Å². The van der Waals surface area contributed by atoms with E-state index in [4.69, 9.17) is 5.73 Å². The minimum Gasteiger partial charge on any atom is -0.397 e. The van der Waals surface area contributed by atoms with E-state index in [1.54, 1.807) is 6.07 Å². The first-order chi connectivity index (χ1) is 8.16. The van der Waals surface area contributed by atoms with Gasteiger partial charge in [0.15, 0.2) is 0 Å². The standard InChI is InChI=1S/C14H21FN2/c1-10(11-5-3-2-4-6-11)17-14-9-12(15)7-8-13(14)16/h7-11,17H,2-6,16H2,1H3. The van der Waals surface area contributed by atoms with Gasteiger partial charge >= 0.3 is 0 Å².